The molecule has 6 heteroatoms. The molecule has 3 rings (SSSR count). The van der Waals surface area contributed by atoms with E-state index in [0.29, 0.717) is 28.1 Å². The van der Waals surface area contributed by atoms with Crippen molar-refractivity contribution in [2.75, 3.05) is 5.73 Å². The van der Waals surface area contributed by atoms with E-state index in [2.05, 4.69) is 9.97 Å². The van der Waals surface area contributed by atoms with Crippen LogP contribution in [-0.2, 0) is 0 Å². The van der Waals surface area contributed by atoms with Crippen LogP contribution in [0.25, 0.3) is 5.65 Å². The molecule has 0 aliphatic heterocycles. The van der Waals surface area contributed by atoms with E-state index in [0.717, 1.165) is 5.56 Å². The first-order valence-corrected chi connectivity index (χ1v) is 6.04. The molecule has 0 amide bonds. The lowest BCUT2D eigenvalue weighted by molar-refractivity contribution is 0.465. The van der Waals surface area contributed by atoms with Gasteiger partial charge in [-0.2, -0.15) is 4.98 Å². The number of hydrogen-bond acceptors (Lipinski definition) is 4. The predicted molar refractivity (Wildman–Crippen MR) is 73.7 cm³/mol. The van der Waals surface area contributed by atoms with Crippen LogP contribution in [0.3, 0.4) is 0 Å². The lowest BCUT2D eigenvalue weighted by Gasteiger charge is -2.08. The molecule has 0 aliphatic rings. The van der Waals surface area contributed by atoms with Gasteiger partial charge in [0.2, 0.25) is 5.65 Å². The molecule has 0 saturated heterocycles. The van der Waals surface area contributed by atoms with Crippen molar-refractivity contribution in [1.29, 1.82) is 0 Å². The number of benzene rings is 1. The monoisotopic (exact) mass is 274 g/mol. The first-order valence-electron chi connectivity index (χ1n) is 5.66. The van der Waals surface area contributed by atoms with Crippen molar-refractivity contribution in [2.24, 2.45) is 0 Å². The van der Waals surface area contributed by atoms with Crippen molar-refractivity contribution < 1.29 is 4.74 Å². The van der Waals surface area contributed by atoms with Gasteiger partial charge < -0.3 is 10.5 Å². The largest absolute Gasteiger partial charge is 0.436 e. The second-order valence-electron chi connectivity index (χ2n) is 4.14. The van der Waals surface area contributed by atoms with Crippen molar-refractivity contribution >= 4 is 23.1 Å². The number of ether oxygens (including phenoxy) is 1. The summed E-state index contributed by atoms with van der Waals surface area (Å²) in [6.07, 6.45) is 5.13. The normalized spacial score (nSPS) is 10.8. The molecule has 19 heavy (non-hydrogen) atoms. The van der Waals surface area contributed by atoms with Crippen LogP contribution in [0, 0.1) is 6.92 Å². The Balaban J connectivity index is 2.04. The Morgan fingerprint density at radius 3 is 3.00 bits per heavy atom. The van der Waals surface area contributed by atoms with E-state index in [1.807, 2.05) is 13.0 Å². The number of hydrogen-bond donors (Lipinski definition) is 1. The Morgan fingerprint density at radius 1 is 1.37 bits per heavy atom. The van der Waals surface area contributed by atoms with Crippen molar-refractivity contribution in [1.82, 2.24) is 14.4 Å². The Labute approximate surface area is 114 Å². The zero-order chi connectivity index (χ0) is 13.4. The van der Waals surface area contributed by atoms with Gasteiger partial charge in [-0.3, -0.25) is 4.40 Å². The zero-order valence-electron chi connectivity index (χ0n) is 10.2. The first-order chi connectivity index (χ1) is 9.13. The third kappa shape index (κ3) is 2.20. The molecule has 96 valence electrons. The highest BCUT2D eigenvalue weighted by Crippen LogP contribution is 2.27. The number of nitrogens with zero attached hydrogens (tertiary/aromatic N) is 3. The van der Waals surface area contributed by atoms with Crippen LogP contribution >= 0.6 is 11.6 Å². The fraction of sp³-hybridized carbons (Fsp3) is 0.0769. The van der Waals surface area contributed by atoms with Crippen LogP contribution in [0.2, 0.25) is 5.02 Å². The number of halogens is 1. The van der Waals surface area contributed by atoms with Gasteiger partial charge >= 0.3 is 0 Å². The molecule has 0 unspecified atom stereocenters. The van der Waals surface area contributed by atoms with Gasteiger partial charge in [0.15, 0.2) is 0 Å². The third-order valence-corrected chi connectivity index (χ3v) is 3.13. The Kier molecular flexibility index (Phi) is 2.76. The summed E-state index contributed by atoms with van der Waals surface area (Å²) in [6, 6.07) is 5.40. The minimum Gasteiger partial charge on any atom is -0.436 e. The molecule has 0 atom stereocenters. The summed E-state index contributed by atoms with van der Waals surface area (Å²) in [7, 11) is 0. The van der Waals surface area contributed by atoms with E-state index < -0.39 is 0 Å². The van der Waals surface area contributed by atoms with Crippen LogP contribution in [-0.4, -0.2) is 14.4 Å². The molecule has 0 fully saturated rings. The van der Waals surface area contributed by atoms with E-state index in [1.165, 1.54) is 0 Å². The summed E-state index contributed by atoms with van der Waals surface area (Å²) in [5.41, 5.74) is 7.28. The molecule has 1 aromatic carbocycles. The fourth-order valence-corrected chi connectivity index (χ4v) is 1.90. The molecular formula is C13H11ClN4O. The van der Waals surface area contributed by atoms with E-state index in [1.54, 1.807) is 35.1 Å². The average Bonchev–Trinajstić information content (AvgIpc) is 2.82. The van der Waals surface area contributed by atoms with E-state index in [4.69, 9.17) is 22.1 Å². The van der Waals surface area contributed by atoms with Gasteiger partial charge in [0, 0.05) is 17.4 Å². The van der Waals surface area contributed by atoms with Gasteiger partial charge in [0.1, 0.15) is 11.6 Å². The van der Waals surface area contributed by atoms with Gasteiger partial charge in [0.25, 0.3) is 5.88 Å². The molecule has 0 radical (unpaired) electrons. The van der Waals surface area contributed by atoms with Gasteiger partial charge in [-0.1, -0.05) is 11.6 Å². The summed E-state index contributed by atoms with van der Waals surface area (Å²) in [4.78, 5) is 8.35. The SMILES string of the molecule is Cc1cc(Oc2nc(N)cn3ccnc23)ccc1Cl. The molecule has 2 heterocycles. The van der Waals surface area contributed by atoms with Crippen molar-refractivity contribution in [3.05, 3.63) is 47.4 Å². The molecule has 0 spiro atoms. The Hall–Kier alpha value is -2.27. The first kappa shape index (κ1) is 11.8. The number of imidazole rings is 1. The quantitative estimate of drug-likeness (QED) is 0.780. The summed E-state index contributed by atoms with van der Waals surface area (Å²) in [6.45, 7) is 1.91. The van der Waals surface area contributed by atoms with Gasteiger partial charge in [0.05, 0.1) is 6.20 Å². The maximum absolute atomic E-state index is 5.98. The fourth-order valence-electron chi connectivity index (χ4n) is 1.78. The van der Waals surface area contributed by atoms with Crippen LogP contribution < -0.4 is 10.5 Å². The molecule has 0 bridgehead atoms. The van der Waals surface area contributed by atoms with Crippen LogP contribution in [0.4, 0.5) is 5.82 Å². The van der Waals surface area contributed by atoms with Crippen LogP contribution in [0.5, 0.6) is 11.6 Å². The predicted octanol–water partition coefficient (Wildman–Crippen LogP) is 3.07. The highest BCUT2D eigenvalue weighted by molar-refractivity contribution is 6.31. The molecule has 2 aromatic heterocycles. The average molecular weight is 275 g/mol. The second kappa shape index (κ2) is 4.44. The molecule has 3 aromatic rings. The third-order valence-electron chi connectivity index (χ3n) is 2.71. The minimum absolute atomic E-state index is 0.367. The van der Waals surface area contributed by atoms with Gasteiger partial charge in [-0.15, -0.1) is 0 Å². The van der Waals surface area contributed by atoms with Gasteiger partial charge in [-0.05, 0) is 30.7 Å². The summed E-state index contributed by atoms with van der Waals surface area (Å²) >= 11 is 5.98. The van der Waals surface area contributed by atoms with E-state index in [-0.39, 0.29) is 0 Å². The van der Waals surface area contributed by atoms with Crippen LogP contribution in [0.15, 0.2) is 36.8 Å². The number of nitrogens with two attached hydrogens (primary N) is 1. The standard InChI is InChI=1S/C13H11ClN4O/c1-8-6-9(2-3-10(8)14)19-13-12-16-4-5-18(12)7-11(15)17-13/h2-7H,15H2,1H3. The Morgan fingerprint density at radius 2 is 2.21 bits per heavy atom. The number of aryl methyl sites for hydroxylation is 1. The topological polar surface area (TPSA) is 65.4 Å². The molecule has 2 N–H and O–H groups in total. The zero-order valence-corrected chi connectivity index (χ0v) is 10.9. The smallest absolute Gasteiger partial charge is 0.265 e. The number of anilines is 1. The van der Waals surface area contributed by atoms with E-state index >= 15 is 0 Å². The molecule has 0 saturated carbocycles. The maximum Gasteiger partial charge on any atom is 0.265 e. The van der Waals surface area contributed by atoms with Crippen molar-refractivity contribution in [3.63, 3.8) is 0 Å². The molecular weight excluding hydrogens is 264 g/mol. The lowest BCUT2D eigenvalue weighted by Crippen LogP contribution is -1.99. The highest BCUT2D eigenvalue weighted by Gasteiger charge is 2.09. The highest BCUT2D eigenvalue weighted by atomic mass is 35.5. The molecule has 5 nitrogen and oxygen atoms in total. The number of rotatable bonds is 2. The Bertz CT molecular complexity index is 753. The van der Waals surface area contributed by atoms with Crippen molar-refractivity contribution in [2.45, 2.75) is 6.92 Å². The number of fused-ring (bicyclic) bond motifs is 1. The number of aromatic nitrogens is 3. The molecule has 0 aliphatic carbocycles. The number of nitrogen functional groups attached to an aromatic ring is 1. The van der Waals surface area contributed by atoms with E-state index in [9.17, 15) is 0 Å². The maximum atomic E-state index is 5.98. The lowest BCUT2D eigenvalue weighted by atomic mass is 10.2. The second-order valence-corrected chi connectivity index (χ2v) is 4.55. The summed E-state index contributed by atoms with van der Waals surface area (Å²) in [5, 5.41) is 0.693. The minimum atomic E-state index is 0.367. The van der Waals surface area contributed by atoms with Crippen LogP contribution in [0.1, 0.15) is 5.56 Å². The summed E-state index contributed by atoms with van der Waals surface area (Å²) in [5.74, 6) is 1.38. The van der Waals surface area contributed by atoms with Crippen molar-refractivity contribution in [3.8, 4) is 11.6 Å². The summed E-state index contributed by atoms with van der Waals surface area (Å²) < 4.78 is 7.50. The van der Waals surface area contributed by atoms with Gasteiger partial charge in [-0.25, -0.2) is 4.98 Å².